The van der Waals surface area contributed by atoms with Crippen LogP contribution < -0.4 is 5.32 Å². The Balaban J connectivity index is 6.20. The topological polar surface area (TPSA) is 94.1 Å². The molecule has 148 valence electrons. The Hall–Kier alpha value is -1.46. The minimum Gasteiger partial charge on any atom is -0.480 e. The molecule has 0 saturated heterocycles. The fourth-order valence-electron chi connectivity index (χ4n) is 1.41. The number of carbonyl (C=O) groups excluding carboxylic acids is 1. The molecule has 0 heterocycles. The van der Waals surface area contributed by atoms with E-state index in [0.29, 0.717) is 14.2 Å². The minimum absolute atomic E-state index is 0.682. The van der Waals surface area contributed by atoms with Gasteiger partial charge in [0.05, 0.1) is 0 Å². The lowest BCUT2D eigenvalue weighted by Gasteiger charge is -2.25. The van der Waals surface area contributed by atoms with E-state index in [2.05, 4.69) is 13.8 Å². The second kappa shape index (κ2) is 8.28. The molecule has 25 heavy (non-hydrogen) atoms. The van der Waals surface area contributed by atoms with E-state index in [9.17, 15) is 40.8 Å². The summed E-state index contributed by atoms with van der Waals surface area (Å²) in [5, 5.41) is 10.0. The average molecular weight is 403 g/mol. The number of hydrogen-bond acceptors (Lipinski definition) is 6. The van der Waals surface area contributed by atoms with Crippen molar-refractivity contribution < 1.29 is 54.6 Å². The molecule has 0 bridgehead atoms. The van der Waals surface area contributed by atoms with Gasteiger partial charge in [0.2, 0.25) is 5.31 Å². The van der Waals surface area contributed by atoms with Crippen molar-refractivity contribution in [1.29, 1.82) is 0 Å². The highest BCUT2D eigenvalue weighted by Gasteiger charge is 2.60. The lowest BCUT2D eigenvalue weighted by molar-refractivity contribution is -0.319. The first kappa shape index (κ1) is 23.5. The predicted octanol–water partition coefficient (Wildman–Crippen LogP) is 3.23. The highest BCUT2D eigenvalue weighted by Crippen LogP contribution is 2.56. The molecule has 0 saturated carbocycles. The molecule has 14 heteroatoms. The molecular formula is C11H16F6NO6P. The number of hydrogen-bond donors (Lipinski definition) is 2. The summed E-state index contributed by atoms with van der Waals surface area (Å²) in [6, 6.07) is -0.682. The summed E-state index contributed by atoms with van der Waals surface area (Å²) in [7, 11) is -3.36. The van der Waals surface area contributed by atoms with Gasteiger partial charge in [0, 0.05) is 20.3 Å². The monoisotopic (exact) mass is 403 g/mol. The summed E-state index contributed by atoms with van der Waals surface area (Å²) in [5.74, 6) is -3.69. The van der Waals surface area contributed by atoms with Crippen LogP contribution in [-0.4, -0.2) is 49.7 Å². The quantitative estimate of drug-likeness (QED) is 0.293. The van der Waals surface area contributed by atoms with Gasteiger partial charge in [-0.05, 0) is 13.8 Å². The van der Waals surface area contributed by atoms with Crippen molar-refractivity contribution in [3.8, 4) is 0 Å². The van der Waals surface area contributed by atoms with E-state index in [1.807, 2.05) is 5.32 Å². The maximum atomic E-state index is 12.5. The number of ether oxygens (including phenoxy) is 1. The number of aliphatic hydroxyl groups excluding tert-OH is 1. The van der Waals surface area contributed by atoms with Gasteiger partial charge < -0.3 is 24.2 Å². The van der Waals surface area contributed by atoms with Crippen molar-refractivity contribution in [1.82, 2.24) is 5.32 Å². The van der Waals surface area contributed by atoms with E-state index < -0.39 is 49.3 Å². The number of nitrogens with one attached hydrogen (secondary N) is 1. The number of halogens is 6. The molecule has 0 rings (SSSR count). The second-order valence-electron chi connectivity index (χ2n) is 4.73. The number of carbonyl (C=O) groups is 1. The summed E-state index contributed by atoms with van der Waals surface area (Å²) in [5.41, 5.74) is 0. The Kier molecular flexibility index (Phi) is 7.80. The van der Waals surface area contributed by atoms with Crippen molar-refractivity contribution in [3.63, 3.8) is 0 Å². The van der Waals surface area contributed by atoms with Crippen LogP contribution in [0.1, 0.15) is 13.8 Å². The van der Waals surface area contributed by atoms with Crippen molar-refractivity contribution >= 4 is 13.5 Å². The summed E-state index contributed by atoms with van der Waals surface area (Å²) in [6.07, 6.45) is -16.4. The molecule has 0 unspecified atom stereocenters. The van der Waals surface area contributed by atoms with E-state index in [-0.39, 0.29) is 0 Å². The Morgan fingerprint density at radius 1 is 1.04 bits per heavy atom. The molecular weight excluding hydrogens is 387 g/mol. The zero-order valence-corrected chi connectivity index (χ0v) is 14.3. The Morgan fingerprint density at radius 2 is 1.44 bits per heavy atom. The number of alkyl halides is 6. The van der Waals surface area contributed by atoms with Crippen LogP contribution in [0.2, 0.25) is 0 Å². The molecule has 0 aliphatic heterocycles. The number of amides is 1. The Bertz CT molecular complexity index is 536. The molecule has 0 aromatic rings. The van der Waals surface area contributed by atoms with Crippen LogP contribution in [0.3, 0.4) is 0 Å². The van der Waals surface area contributed by atoms with Gasteiger partial charge in [0.1, 0.15) is 0 Å². The third-order valence-corrected chi connectivity index (χ3v) is 4.32. The van der Waals surface area contributed by atoms with Crippen LogP contribution in [0.5, 0.6) is 0 Å². The van der Waals surface area contributed by atoms with Gasteiger partial charge in [-0.2, -0.15) is 26.3 Å². The smallest absolute Gasteiger partial charge is 0.434 e. The molecule has 0 fully saturated rings. The van der Waals surface area contributed by atoms with E-state index >= 15 is 0 Å². The van der Waals surface area contributed by atoms with E-state index in [1.54, 1.807) is 0 Å². The van der Waals surface area contributed by atoms with Crippen LogP contribution in [0.4, 0.5) is 26.3 Å². The van der Waals surface area contributed by atoms with Crippen LogP contribution in [0, 0.1) is 0 Å². The predicted molar refractivity (Wildman–Crippen MR) is 71.5 cm³/mol. The second-order valence-corrected chi connectivity index (χ2v) is 6.90. The molecule has 0 aromatic carbocycles. The van der Waals surface area contributed by atoms with Crippen molar-refractivity contribution in [2.45, 2.75) is 38.3 Å². The molecule has 0 aliphatic carbocycles. The van der Waals surface area contributed by atoms with Gasteiger partial charge in [0.15, 0.2) is 0 Å². The molecule has 0 aliphatic rings. The van der Waals surface area contributed by atoms with Gasteiger partial charge in [-0.3, -0.25) is 9.36 Å². The third kappa shape index (κ3) is 6.40. The zero-order valence-electron chi connectivity index (χ0n) is 13.4. The van der Waals surface area contributed by atoms with Crippen LogP contribution in [0.25, 0.3) is 0 Å². The summed E-state index contributed by atoms with van der Waals surface area (Å²) < 4.78 is 99.4. The van der Waals surface area contributed by atoms with Gasteiger partial charge in [-0.15, -0.1) is 0 Å². The Morgan fingerprint density at radius 3 is 1.72 bits per heavy atom. The van der Waals surface area contributed by atoms with Crippen LogP contribution in [0.15, 0.2) is 11.3 Å². The van der Waals surface area contributed by atoms with E-state index in [0.717, 1.165) is 0 Å². The first-order valence-corrected chi connectivity index (χ1v) is 7.90. The van der Waals surface area contributed by atoms with Gasteiger partial charge >= 0.3 is 19.9 Å². The van der Waals surface area contributed by atoms with E-state index in [1.165, 1.54) is 13.8 Å². The number of aliphatic hydroxyl groups is 1. The largest absolute Gasteiger partial charge is 0.480 e. The SMILES string of the molecule is COP(=O)(OC)/C(C(=O)NC(C)C)=C(/O)OC(C(F)(F)F)C(F)(F)F. The van der Waals surface area contributed by atoms with E-state index in [4.69, 9.17) is 0 Å². The number of rotatable bonds is 7. The van der Waals surface area contributed by atoms with Gasteiger partial charge in [0.25, 0.3) is 18.0 Å². The molecule has 0 radical (unpaired) electrons. The minimum atomic E-state index is -5.98. The lowest BCUT2D eigenvalue weighted by atomic mass is 10.3. The standard InChI is InChI=1S/C11H16F6NO6P/c1-5(2)18-7(19)6(25(21,22-3)23-4)8(20)24-9(10(12,13)14)11(15,16)17/h5,9,20H,1-4H3,(H,18,19)/b8-6-. The van der Waals surface area contributed by atoms with Crippen molar-refractivity contribution in [2.75, 3.05) is 14.2 Å². The molecule has 1 amide bonds. The first-order chi connectivity index (χ1) is 11.1. The average Bonchev–Trinajstić information content (AvgIpc) is 2.41. The lowest BCUT2D eigenvalue weighted by Crippen LogP contribution is -2.44. The first-order valence-electron chi connectivity index (χ1n) is 6.36. The van der Waals surface area contributed by atoms with Crippen LogP contribution in [-0.2, 0) is 23.1 Å². The Labute approximate surface area is 138 Å². The molecule has 0 atom stereocenters. The van der Waals surface area contributed by atoms with Gasteiger partial charge in [-0.1, -0.05) is 0 Å². The molecule has 7 nitrogen and oxygen atoms in total. The van der Waals surface area contributed by atoms with Crippen molar-refractivity contribution in [2.24, 2.45) is 0 Å². The van der Waals surface area contributed by atoms with Gasteiger partial charge in [-0.25, -0.2) is 0 Å². The summed E-state index contributed by atoms with van der Waals surface area (Å²) in [4.78, 5) is 11.9. The van der Waals surface area contributed by atoms with Crippen molar-refractivity contribution in [3.05, 3.63) is 11.3 Å². The highest BCUT2D eigenvalue weighted by molar-refractivity contribution is 7.60. The zero-order chi connectivity index (χ0) is 20.2. The molecule has 0 spiro atoms. The normalized spacial score (nSPS) is 14.6. The fourth-order valence-corrected chi connectivity index (χ4v) is 2.53. The molecule has 2 N–H and O–H groups in total. The van der Waals surface area contributed by atoms with Crippen LogP contribution >= 0.6 is 7.60 Å². The summed E-state index contributed by atoms with van der Waals surface area (Å²) in [6.45, 7) is 2.76. The maximum absolute atomic E-state index is 12.5. The third-order valence-electron chi connectivity index (χ3n) is 2.42. The fraction of sp³-hybridized carbons (Fsp3) is 0.727. The maximum Gasteiger partial charge on any atom is 0.434 e. The summed E-state index contributed by atoms with van der Waals surface area (Å²) >= 11 is 0. The highest BCUT2D eigenvalue weighted by atomic mass is 31.2. The molecule has 0 aromatic heterocycles.